The molecule has 2 aliphatic carbocycles. The summed E-state index contributed by atoms with van der Waals surface area (Å²) in [4.78, 5) is 27.3. The Bertz CT molecular complexity index is 395. The fourth-order valence-electron chi connectivity index (χ4n) is 3.29. The second-order valence-electron chi connectivity index (χ2n) is 6.46. The van der Waals surface area contributed by atoms with Crippen molar-refractivity contribution in [1.29, 1.82) is 0 Å². The minimum absolute atomic E-state index is 0.0893. The summed E-state index contributed by atoms with van der Waals surface area (Å²) in [5.41, 5.74) is -0.642. The molecule has 1 heterocycles. The normalized spacial score (nSPS) is 30.4. The van der Waals surface area contributed by atoms with Gasteiger partial charge in [0.25, 0.3) is 0 Å². The third-order valence-electron chi connectivity index (χ3n) is 5.06. The molecule has 0 aromatic heterocycles. The number of amides is 2. The number of nitrogens with zero attached hydrogens (tertiary/aromatic N) is 1. The van der Waals surface area contributed by atoms with Gasteiger partial charge in [0.2, 0.25) is 11.8 Å². The van der Waals surface area contributed by atoms with E-state index in [0.29, 0.717) is 24.7 Å². The van der Waals surface area contributed by atoms with E-state index < -0.39 is 5.54 Å². The molecule has 4 nitrogen and oxygen atoms in total. The molecule has 3 aliphatic rings. The second-order valence-corrected chi connectivity index (χ2v) is 6.46. The van der Waals surface area contributed by atoms with Crippen LogP contribution in [0.2, 0.25) is 0 Å². The highest BCUT2D eigenvalue weighted by molar-refractivity contribution is 6.00. The zero-order chi connectivity index (χ0) is 13.6. The molecule has 106 valence electrons. The van der Waals surface area contributed by atoms with Crippen LogP contribution in [-0.4, -0.2) is 34.8 Å². The lowest BCUT2D eigenvalue weighted by atomic mass is 9.86. The quantitative estimate of drug-likeness (QED) is 0.821. The van der Waals surface area contributed by atoms with Crippen LogP contribution >= 0.6 is 0 Å². The smallest absolute Gasteiger partial charge is 0.249 e. The van der Waals surface area contributed by atoms with Crippen molar-refractivity contribution in [3.05, 3.63) is 0 Å². The van der Waals surface area contributed by atoms with Crippen molar-refractivity contribution in [2.24, 2.45) is 11.8 Å². The highest BCUT2D eigenvalue weighted by atomic mass is 16.2. The standard InChI is InChI=1S/C15H24N2O2/c1-3-15(4-2)14(19)17(9-10-5-6-10)12(11-7-8-11)13(18)16-15/h10-12H,3-9H2,1-2H3,(H,16,18). The highest BCUT2D eigenvalue weighted by Crippen LogP contribution is 2.41. The number of hydrogen-bond donors (Lipinski definition) is 1. The summed E-state index contributed by atoms with van der Waals surface area (Å²) in [6.07, 6.45) is 6.00. The molecule has 0 bridgehead atoms. The first-order chi connectivity index (χ1) is 9.11. The summed E-state index contributed by atoms with van der Waals surface area (Å²) < 4.78 is 0. The van der Waals surface area contributed by atoms with E-state index in [1.807, 2.05) is 18.7 Å². The van der Waals surface area contributed by atoms with Gasteiger partial charge in [0.05, 0.1) is 0 Å². The second kappa shape index (κ2) is 4.50. The third-order valence-corrected chi connectivity index (χ3v) is 5.06. The predicted octanol–water partition coefficient (Wildman–Crippen LogP) is 1.69. The van der Waals surface area contributed by atoms with Crippen molar-refractivity contribution in [2.45, 2.75) is 64.0 Å². The maximum Gasteiger partial charge on any atom is 0.249 e. The van der Waals surface area contributed by atoms with E-state index in [1.54, 1.807) is 0 Å². The first-order valence-electron chi connectivity index (χ1n) is 7.74. The van der Waals surface area contributed by atoms with Crippen LogP contribution in [0.1, 0.15) is 52.4 Å². The van der Waals surface area contributed by atoms with Gasteiger partial charge >= 0.3 is 0 Å². The minimum Gasteiger partial charge on any atom is -0.340 e. The molecule has 1 saturated heterocycles. The molecular formula is C15H24N2O2. The van der Waals surface area contributed by atoms with Gasteiger partial charge in [0.1, 0.15) is 11.6 Å². The van der Waals surface area contributed by atoms with E-state index in [0.717, 1.165) is 19.4 Å². The average molecular weight is 264 g/mol. The number of hydrogen-bond acceptors (Lipinski definition) is 2. The monoisotopic (exact) mass is 264 g/mol. The SMILES string of the molecule is CCC1(CC)NC(=O)C(C2CC2)N(CC2CC2)C1=O. The van der Waals surface area contributed by atoms with Gasteiger partial charge in [-0.15, -0.1) is 0 Å². The van der Waals surface area contributed by atoms with Crippen molar-refractivity contribution in [3.63, 3.8) is 0 Å². The lowest BCUT2D eigenvalue weighted by Crippen LogP contribution is -2.70. The number of nitrogens with one attached hydrogen (secondary N) is 1. The molecule has 3 fully saturated rings. The van der Waals surface area contributed by atoms with E-state index in [9.17, 15) is 9.59 Å². The molecule has 0 radical (unpaired) electrons. The summed E-state index contributed by atoms with van der Waals surface area (Å²) in [7, 11) is 0. The molecule has 2 amide bonds. The Kier molecular flexibility index (Phi) is 3.06. The molecule has 2 saturated carbocycles. The Morgan fingerprint density at radius 3 is 2.26 bits per heavy atom. The van der Waals surface area contributed by atoms with Gasteiger partial charge in [-0.3, -0.25) is 9.59 Å². The fraction of sp³-hybridized carbons (Fsp3) is 0.867. The van der Waals surface area contributed by atoms with Crippen molar-refractivity contribution >= 4 is 11.8 Å². The van der Waals surface area contributed by atoms with Crippen LogP contribution in [0, 0.1) is 11.8 Å². The van der Waals surface area contributed by atoms with Crippen LogP contribution in [0.5, 0.6) is 0 Å². The fourth-order valence-corrected chi connectivity index (χ4v) is 3.29. The molecule has 1 atom stereocenters. The third kappa shape index (κ3) is 2.15. The van der Waals surface area contributed by atoms with Crippen LogP contribution in [0.4, 0.5) is 0 Å². The van der Waals surface area contributed by atoms with Gasteiger partial charge in [0, 0.05) is 6.54 Å². The molecule has 4 heteroatoms. The summed E-state index contributed by atoms with van der Waals surface area (Å²) in [5, 5.41) is 3.04. The molecule has 3 rings (SSSR count). The largest absolute Gasteiger partial charge is 0.340 e. The first kappa shape index (κ1) is 12.9. The number of rotatable bonds is 5. The summed E-state index contributed by atoms with van der Waals surface area (Å²) in [6, 6.07) is -0.181. The van der Waals surface area contributed by atoms with E-state index in [-0.39, 0.29) is 17.9 Å². The Labute approximate surface area is 114 Å². The van der Waals surface area contributed by atoms with E-state index in [4.69, 9.17) is 0 Å². The number of carbonyl (C=O) groups excluding carboxylic acids is 2. The van der Waals surface area contributed by atoms with E-state index in [1.165, 1.54) is 12.8 Å². The van der Waals surface area contributed by atoms with Gasteiger partial charge in [-0.25, -0.2) is 0 Å². The Balaban J connectivity index is 1.87. The summed E-state index contributed by atoms with van der Waals surface area (Å²) in [5.74, 6) is 1.31. The topological polar surface area (TPSA) is 49.4 Å². The van der Waals surface area contributed by atoms with Crippen molar-refractivity contribution < 1.29 is 9.59 Å². The van der Waals surface area contributed by atoms with Crippen LogP contribution in [0.25, 0.3) is 0 Å². The molecule has 0 aromatic rings. The van der Waals surface area contributed by atoms with E-state index >= 15 is 0 Å². The minimum atomic E-state index is -0.642. The first-order valence-corrected chi connectivity index (χ1v) is 7.74. The Morgan fingerprint density at radius 2 is 1.79 bits per heavy atom. The molecule has 19 heavy (non-hydrogen) atoms. The summed E-state index contributed by atoms with van der Waals surface area (Å²) >= 11 is 0. The lowest BCUT2D eigenvalue weighted by Gasteiger charge is -2.46. The average Bonchev–Trinajstić information content (AvgIpc) is 3.26. The van der Waals surface area contributed by atoms with Crippen LogP contribution in [0.3, 0.4) is 0 Å². The van der Waals surface area contributed by atoms with Gasteiger partial charge in [0.15, 0.2) is 0 Å². The maximum absolute atomic E-state index is 12.9. The van der Waals surface area contributed by atoms with Crippen molar-refractivity contribution in [3.8, 4) is 0 Å². The maximum atomic E-state index is 12.9. The van der Waals surface area contributed by atoms with Gasteiger partial charge in [-0.1, -0.05) is 13.8 Å². The molecule has 1 N–H and O–H groups in total. The zero-order valence-electron chi connectivity index (χ0n) is 11.9. The van der Waals surface area contributed by atoms with Gasteiger partial charge in [-0.05, 0) is 50.4 Å². The summed E-state index contributed by atoms with van der Waals surface area (Å²) in [6.45, 7) is 4.79. The highest BCUT2D eigenvalue weighted by Gasteiger charge is 2.53. The zero-order valence-corrected chi connectivity index (χ0v) is 11.9. The van der Waals surface area contributed by atoms with E-state index in [2.05, 4.69) is 5.32 Å². The van der Waals surface area contributed by atoms with Crippen LogP contribution in [0.15, 0.2) is 0 Å². The Morgan fingerprint density at radius 1 is 1.16 bits per heavy atom. The number of piperazine rings is 1. The molecule has 1 aliphatic heterocycles. The van der Waals surface area contributed by atoms with Gasteiger partial charge in [-0.2, -0.15) is 0 Å². The molecule has 1 unspecified atom stereocenters. The van der Waals surface area contributed by atoms with Crippen LogP contribution < -0.4 is 5.32 Å². The molecular weight excluding hydrogens is 240 g/mol. The van der Waals surface area contributed by atoms with Crippen LogP contribution in [-0.2, 0) is 9.59 Å². The molecule has 0 spiro atoms. The number of carbonyl (C=O) groups is 2. The molecule has 0 aromatic carbocycles. The predicted molar refractivity (Wildman–Crippen MR) is 72.4 cm³/mol. The van der Waals surface area contributed by atoms with Crippen molar-refractivity contribution in [2.75, 3.05) is 6.54 Å². The van der Waals surface area contributed by atoms with Gasteiger partial charge < -0.3 is 10.2 Å². The lowest BCUT2D eigenvalue weighted by molar-refractivity contribution is -0.156. The Hall–Kier alpha value is -1.06. The van der Waals surface area contributed by atoms with Crippen molar-refractivity contribution in [1.82, 2.24) is 10.2 Å².